The summed E-state index contributed by atoms with van der Waals surface area (Å²) >= 11 is 0. The molecule has 1 saturated carbocycles. The van der Waals surface area contributed by atoms with E-state index in [1.807, 2.05) is 0 Å². The molecule has 1 aromatic carbocycles. The van der Waals surface area contributed by atoms with Crippen molar-refractivity contribution in [2.45, 2.75) is 24.4 Å². The lowest BCUT2D eigenvalue weighted by molar-refractivity contribution is -0.155. The van der Waals surface area contributed by atoms with Gasteiger partial charge in [0.2, 0.25) is 0 Å². The van der Waals surface area contributed by atoms with Gasteiger partial charge in [-0.05, 0) is 23.8 Å². The summed E-state index contributed by atoms with van der Waals surface area (Å²) in [4.78, 5) is 22.2. The maximum absolute atomic E-state index is 13.1. The number of aliphatic carboxylic acids is 1. The highest BCUT2D eigenvalue weighted by Crippen LogP contribution is 2.46. The van der Waals surface area contributed by atoms with E-state index in [-0.39, 0.29) is 0 Å². The number of alkyl halides is 3. The van der Waals surface area contributed by atoms with Crippen LogP contribution in [0.4, 0.5) is 17.6 Å². The number of Topliss-reactive ketones (excluding diaryl/α,β-unsaturated/α-hetero) is 1. The molecule has 0 aliphatic heterocycles. The van der Waals surface area contributed by atoms with Crippen molar-refractivity contribution in [3.8, 4) is 0 Å². The van der Waals surface area contributed by atoms with E-state index in [0.717, 1.165) is 0 Å². The molecular weight excluding hydrogens is 268 g/mol. The molecule has 1 aromatic rings. The summed E-state index contributed by atoms with van der Waals surface area (Å²) in [7, 11) is 0. The summed E-state index contributed by atoms with van der Waals surface area (Å²) in [5.74, 6) is -2.98. The SMILES string of the molecule is O=C1CC(C(=O)O)(c2cc(F)ccc2C(F)(F)F)C1. The van der Waals surface area contributed by atoms with Gasteiger partial charge in [0.1, 0.15) is 17.0 Å². The molecule has 0 bridgehead atoms. The van der Waals surface area contributed by atoms with Gasteiger partial charge in [-0.25, -0.2) is 4.39 Å². The van der Waals surface area contributed by atoms with Crippen molar-refractivity contribution < 1.29 is 32.3 Å². The molecule has 1 fully saturated rings. The van der Waals surface area contributed by atoms with Crippen LogP contribution in [0.2, 0.25) is 0 Å². The molecule has 0 amide bonds. The first-order valence-corrected chi connectivity index (χ1v) is 5.29. The highest BCUT2D eigenvalue weighted by molar-refractivity contribution is 6.01. The van der Waals surface area contributed by atoms with Gasteiger partial charge in [-0.15, -0.1) is 0 Å². The Balaban J connectivity index is 2.63. The van der Waals surface area contributed by atoms with Gasteiger partial charge in [0.05, 0.1) is 5.56 Å². The second kappa shape index (κ2) is 4.04. The summed E-state index contributed by atoms with van der Waals surface area (Å²) in [5.41, 5.74) is -3.87. The molecule has 1 aliphatic carbocycles. The summed E-state index contributed by atoms with van der Waals surface area (Å²) in [6.45, 7) is 0. The van der Waals surface area contributed by atoms with Gasteiger partial charge in [0, 0.05) is 12.8 Å². The van der Waals surface area contributed by atoms with Crippen LogP contribution in [0.1, 0.15) is 24.0 Å². The van der Waals surface area contributed by atoms with E-state index in [1.165, 1.54) is 0 Å². The Kier molecular flexibility index (Phi) is 2.87. The van der Waals surface area contributed by atoms with Crippen LogP contribution >= 0.6 is 0 Å². The minimum absolute atomic E-state index is 0.459. The number of ketones is 1. The molecule has 1 aliphatic rings. The molecule has 0 radical (unpaired) electrons. The molecule has 0 aromatic heterocycles. The zero-order valence-electron chi connectivity index (χ0n) is 9.42. The molecule has 102 valence electrons. The van der Waals surface area contributed by atoms with Crippen molar-refractivity contribution in [3.63, 3.8) is 0 Å². The van der Waals surface area contributed by atoms with Crippen LogP contribution in [0.15, 0.2) is 18.2 Å². The van der Waals surface area contributed by atoms with E-state index in [9.17, 15) is 27.2 Å². The molecule has 3 nitrogen and oxygen atoms in total. The molecule has 0 atom stereocenters. The lowest BCUT2D eigenvalue weighted by Crippen LogP contribution is -2.49. The Morgan fingerprint density at radius 3 is 2.26 bits per heavy atom. The Hall–Kier alpha value is -1.92. The highest BCUT2D eigenvalue weighted by atomic mass is 19.4. The van der Waals surface area contributed by atoms with Gasteiger partial charge in [-0.3, -0.25) is 9.59 Å². The quantitative estimate of drug-likeness (QED) is 0.844. The fourth-order valence-corrected chi connectivity index (χ4v) is 2.24. The van der Waals surface area contributed by atoms with Crippen molar-refractivity contribution in [1.82, 2.24) is 0 Å². The van der Waals surface area contributed by atoms with Crippen molar-refractivity contribution in [2.24, 2.45) is 0 Å². The van der Waals surface area contributed by atoms with Gasteiger partial charge in [-0.1, -0.05) is 0 Å². The predicted molar refractivity (Wildman–Crippen MR) is 55.0 cm³/mol. The number of halogens is 4. The van der Waals surface area contributed by atoms with Crippen LogP contribution in [0.5, 0.6) is 0 Å². The number of carbonyl (C=O) groups is 2. The van der Waals surface area contributed by atoms with Gasteiger partial charge in [0.25, 0.3) is 0 Å². The Bertz CT molecular complexity index is 555. The van der Waals surface area contributed by atoms with Crippen LogP contribution in [-0.2, 0) is 21.2 Å². The van der Waals surface area contributed by atoms with Crippen molar-refractivity contribution in [2.75, 3.05) is 0 Å². The molecule has 7 heteroatoms. The van der Waals surface area contributed by atoms with Crippen LogP contribution in [0.3, 0.4) is 0 Å². The topological polar surface area (TPSA) is 54.4 Å². The number of carbonyl (C=O) groups excluding carboxylic acids is 1. The Morgan fingerprint density at radius 2 is 1.84 bits per heavy atom. The largest absolute Gasteiger partial charge is 0.481 e. The Labute approximate surface area is 104 Å². The van der Waals surface area contributed by atoms with Crippen molar-refractivity contribution in [1.29, 1.82) is 0 Å². The average molecular weight is 276 g/mol. The summed E-state index contributed by atoms with van der Waals surface area (Å²) < 4.78 is 51.6. The minimum Gasteiger partial charge on any atom is -0.481 e. The normalized spacial score (nSPS) is 18.0. The summed E-state index contributed by atoms with van der Waals surface area (Å²) in [6.07, 6.45) is -5.89. The zero-order chi connectivity index (χ0) is 14.4. The fourth-order valence-electron chi connectivity index (χ4n) is 2.24. The second-order valence-corrected chi connectivity index (χ2v) is 4.47. The molecule has 0 heterocycles. The third kappa shape index (κ3) is 2.09. The molecular formula is C12H8F4O3. The average Bonchev–Trinajstić information content (AvgIpc) is 2.22. The van der Waals surface area contributed by atoms with Crippen molar-refractivity contribution >= 4 is 11.8 Å². The predicted octanol–water partition coefficient (Wildman–Crippen LogP) is 2.53. The van der Waals surface area contributed by atoms with E-state index >= 15 is 0 Å². The maximum atomic E-state index is 13.1. The smallest absolute Gasteiger partial charge is 0.416 e. The van der Waals surface area contributed by atoms with Gasteiger partial charge < -0.3 is 5.11 Å². The highest BCUT2D eigenvalue weighted by Gasteiger charge is 2.54. The third-order valence-corrected chi connectivity index (χ3v) is 3.21. The van der Waals surface area contributed by atoms with Crippen LogP contribution in [0.25, 0.3) is 0 Å². The van der Waals surface area contributed by atoms with E-state index in [4.69, 9.17) is 5.11 Å². The monoisotopic (exact) mass is 276 g/mol. The first-order valence-electron chi connectivity index (χ1n) is 5.29. The van der Waals surface area contributed by atoms with Crippen LogP contribution < -0.4 is 0 Å². The second-order valence-electron chi connectivity index (χ2n) is 4.47. The van der Waals surface area contributed by atoms with E-state index < -0.39 is 53.1 Å². The number of rotatable bonds is 2. The Morgan fingerprint density at radius 1 is 1.26 bits per heavy atom. The van der Waals surface area contributed by atoms with Crippen LogP contribution in [-0.4, -0.2) is 16.9 Å². The molecule has 19 heavy (non-hydrogen) atoms. The van der Waals surface area contributed by atoms with Crippen molar-refractivity contribution in [3.05, 3.63) is 35.1 Å². The summed E-state index contributed by atoms with van der Waals surface area (Å²) in [5, 5.41) is 9.09. The standard InChI is InChI=1S/C12H8F4O3/c13-6-1-2-8(12(14,15)16)9(3-6)11(10(18)19)4-7(17)5-11/h1-3H,4-5H2,(H,18,19). The first-order chi connectivity index (χ1) is 8.67. The van der Waals surface area contributed by atoms with E-state index in [2.05, 4.69) is 0 Å². The third-order valence-electron chi connectivity index (χ3n) is 3.21. The lowest BCUT2D eigenvalue weighted by Gasteiger charge is -2.38. The number of hydrogen-bond donors (Lipinski definition) is 1. The molecule has 1 N–H and O–H groups in total. The maximum Gasteiger partial charge on any atom is 0.416 e. The molecule has 2 rings (SSSR count). The zero-order valence-corrected chi connectivity index (χ0v) is 9.42. The van der Waals surface area contributed by atoms with Gasteiger partial charge >= 0.3 is 12.1 Å². The number of carboxylic acids is 1. The molecule has 0 spiro atoms. The van der Waals surface area contributed by atoms with Gasteiger partial charge in [0.15, 0.2) is 0 Å². The molecule has 0 unspecified atom stereocenters. The number of benzene rings is 1. The summed E-state index contributed by atoms with van der Waals surface area (Å²) in [6, 6.07) is 1.66. The fraction of sp³-hybridized carbons (Fsp3) is 0.333. The number of hydrogen-bond acceptors (Lipinski definition) is 2. The lowest BCUT2D eigenvalue weighted by atomic mass is 9.62. The van der Waals surface area contributed by atoms with E-state index in [1.54, 1.807) is 0 Å². The van der Waals surface area contributed by atoms with E-state index in [0.29, 0.717) is 18.2 Å². The molecule has 0 saturated heterocycles. The minimum atomic E-state index is -4.80. The first kappa shape index (κ1) is 13.5. The van der Waals surface area contributed by atoms with Crippen LogP contribution in [0, 0.1) is 5.82 Å². The van der Waals surface area contributed by atoms with Gasteiger partial charge in [-0.2, -0.15) is 13.2 Å². The number of carboxylic acid groups (broad SMARTS) is 1.